The molecule has 1 aromatic rings. The topological polar surface area (TPSA) is 43.4 Å². The monoisotopic (exact) mass is 352 g/mol. The van der Waals surface area contributed by atoms with Gasteiger partial charge in [0.25, 0.3) is 0 Å². The van der Waals surface area contributed by atoms with Crippen LogP contribution in [0, 0.1) is 0 Å². The van der Waals surface area contributed by atoms with Gasteiger partial charge in [0.05, 0.1) is 22.5 Å². The highest BCUT2D eigenvalue weighted by Gasteiger charge is 2.20. The number of halogens is 3. The molecule has 0 aromatic heterocycles. The van der Waals surface area contributed by atoms with E-state index in [0.29, 0.717) is 10.6 Å². The maximum atomic E-state index is 11.7. The second-order valence-electron chi connectivity index (χ2n) is 3.64. The van der Waals surface area contributed by atoms with E-state index in [9.17, 15) is 9.59 Å². The van der Waals surface area contributed by atoms with Gasteiger partial charge in [0.15, 0.2) is 5.78 Å². The quantitative estimate of drug-likeness (QED) is 0.612. The van der Waals surface area contributed by atoms with Gasteiger partial charge in [-0.15, -0.1) is 0 Å². The van der Waals surface area contributed by atoms with E-state index in [1.165, 1.54) is 19.2 Å². The average molecular weight is 354 g/mol. The van der Waals surface area contributed by atoms with E-state index in [1.807, 2.05) is 0 Å². The molecule has 0 N–H and O–H groups in total. The summed E-state index contributed by atoms with van der Waals surface area (Å²) in [6, 6.07) is 3.00. The fourth-order valence-corrected chi connectivity index (χ4v) is 2.09. The van der Waals surface area contributed by atoms with Gasteiger partial charge in [-0.1, -0.05) is 39.1 Å². The highest BCUT2D eigenvalue weighted by Crippen LogP contribution is 2.29. The van der Waals surface area contributed by atoms with Crippen molar-refractivity contribution >= 4 is 50.9 Å². The lowest BCUT2D eigenvalue weighted by atomic mass is 10.0. The van der Waals surface area contributed by atoms with Gasteiger partial charge in [0.2, 0.25) is 0 Å². The van der Waals surface area contributed by atoms with Crippen LogP contribution in [0.5, 0.6) is 0 Å². The second kappa shape index (κ2) is 6.55. The van der Waals surface area contributed by atoms with Crippen LogP contribution in [0.4, 0.5) is 0 Å². The molecule has 0 aliphatic heterocycles. The largest absolute Gasteiger partial charge is 0.465 e. The molecule has 6 heteroatoms. The van der Waals surface area contributed by atoms with Crippen molar-refractivity contribution in [2.24, 2.45) is 0 Å². The van der Waals surface area contributed by atoms with Gasteiger partial charge in [0.1, 0.15) is 0 Å². The molecular weight excluding hydrogens is 343 g/mol. The lowest BCUT2D eigenvalue weighted by Gasteiger charge is -2.10. The molecule has 0 bridgehead atoms. The van der Waals surface area contributed by atoms with E-state index < -0.39 is 5.97 Å². The van der Waals surface area contributed by atoms with E-state index in [2.05, 4.69) is 20.7 Å². The smallest absolute Gasteiger partial charge is 0.339 e. The predicted molar refractivity (Wildman–Crippen MR) is 74.9 cm³/mol. The Hall–Kier alpha value is -0.580. The van der Waals surface area contributed by atoms with Gasteiger partial charge in [-0.3, -0.25) is 4.79 Å². The Bertz CT molecular complexity index is 486. The number of ketones is 1. The molecule has 18 heavy (non-hydrogen) atoms. The Kier molecular flexibility index (Phi) is 5.63. The zero-order chi connectivity index (χ0) is 13.9. The molecule has 0 heterocycles. The minimum Gasteiger partial charge on any atom is -0.465 e. The molecule has 98 valence electrons. The van der Waals surface area contributed by atoms with Gasteiger partial charge < -0.3 is 4.74 Å². The zero-order valence-electron chi connectivity index (χ0n) is 9.80. The first-order chi connectivity index (χ1) is 8.38. The maximum absolute atomic E-state index is 11.7. The normalized spacial score (nSPS) is 12.1. The Labute approximate surface area is 124 Å². The number of Topliss-reactive ketones (excluding diaryl/α,β-unsaturated/α-hetero) is 1. The van der Waals surface area contributed by atoms with Crippen LogP contribution in [-0.4, -0.2) is 23.7 Å². The Morgan fingerprint density at radius 3 is 2.50 bits per heavy atom. The van der Waals surface area contributed by atoms with E-state index in [-0.39, 0.29) is 27.6 Å². The van der Waals surface area contributed by atoms with Gasteiger partial charge >= 0.3 is 5.97 Å². The third-order valence-corrected chi connectivity index (χ3v) is 3.68. The zero-order valence-corrected chi connectivity index (χ0v) is 12.9. The molecule has 0 aliphatic rings. The first-order valence-corrected chi connectivity index (χ1v) is 6.77. The molecule has 0 amide bonds. The number of ether oxygens (including phenoxy) is 1. The van der Waals surface area contributed by atoms with Gasteiger partial charge in [-0.05, 0) is 24.6 Å². The summed E-state index contributed by atoms with van der Waals surface area (Å²) >= 11 is 15.3. The summed E-state index contributed by atoms with van der Waals surface area (Å²) in [6.45, 7) is 1.72. The molecule has 1 atom stereocenters. The number of esters is 1. The number of benzene rings is 1. The first kappa shape index (κ1) is 15.5. The molecule has 1 aromatic carbocycles. The van der Waals surface area contributed by atoms with Crippen LogP contribution in [0.3, 0.4) is 0 Å². The minimum atomic E-state index is -0.558. The van der Waals surface area contributed by atoms with Crippen LogP contribution in [0.15, 0.2) is 12.1 Å². The van der Waals surface area contributed by atoms with Crippen LogP contribution in [0.25, 0.3) is 0 Å². The Morgan fingerprint density at radius 1 is 1.39 bits per heavy atom. The molecule has 1 unspecified atom stereocenters. The third kappa shape index (κ3) is 3.46. The fourth-order valence-electron chi connectivity index (χ4n) is 1.34. The fraction of sp³-hybridized carbons (Fsp3) is 0.333. The molecule has 0 radical (unpaired) electrons. The molecular formula is C12H11BrCl2O3. The van der Waals surface area contributed by atoms with Crippen molar-refractivity contribution < 1.29 is 14.3 Å². The van der Waals surface area contributed by atoms with Crippen molar-refractivity contribution in [3.8, 4) is 0 Å². The molecule has 0 aliphatic carbocycles. The van der Waals surface area contributed by atoms with Crippen LogP contribution in [-0.2, 0) is 16.0 Å². The number of hydrogen-bond donors (Lipinski definition) is 0. The second-order valence-corrected chi connectivity index (χ2v) is 5.80. The third-order valence-electron chi connectivity index (χ3n) is 2.39. The minimum absolute atomic E-state index is 0.0644. The van der Waals surface area contributed by atoms with E-state index in [0.717, 1.165) is 0 Å². The summed E-state index contributed by atoms with van der Waals surface area (Å²) in [4.78, 5) is 22.9. The average Bonchev–Trinajstić information content (AvgIpc) is 2.33. The van der Waals surface area contributed by atoms with Crippen molar-refractivity contribution in [2.75, 3.05) is 7.11 Å². The standard InChI is InChI=1S/C12H11BrCl2O3/c1-6(13)10(16)5-8-9(14)4-3-7(11(8)15)12(17)18-2/h3-4,6H,5H2,1-2H3. The number of hydrogen-bond acceptors (Lipinski definition) is 3. The van der Waals surface area contributed by atoms with Crippen molar-refractivity contribution in [3.63, 3.8) is 0 Å². The first-order valence-electron chi connectivity index (χ1n) is 5.10. The van der Waals surface area contributed by atoms with E-state index in [1.54, 1.807) is 6.92 Å². The summed E-state index contributed by atoms with van der Waals surface area (Å²) in [6.07, 6.45) is 0.0644. The summed E-state index contributed by atoms with van der Waals surface area (Å²) in [5.74, 6) is -0.627. The van der Waals surface area contributed by atoms with Gasteiger partial charge in [-0.2, -0.15) is 0 Å². The number of carbonyl (C=O) groups excluding carboxylic acids is 2. The van der Waals surface area contributed by atoms with Crippen molar-refractivity contribution in [1.82, 2.24) is 0 Å². The van der Waals surface area contributed by atoms with Crippen molar-refractivity contribution in [1.29, 1.82) is 0 Å². The van der Waals surface area contributed by atoms with Gasteiger partial charge in [0, 0.05) is 11.4 Å². The van der Waals surface area contributed by atoms with Crippen LogP contribution >= 0.6 is 39.1 Å². The molecule has 3 nitrogen and oxygen atoms in total. The number of rotatable bonds is 4. The molecule has 0 fully saturated rings. The van der Waals surface area contributed by atoms with E-state index in [4.69, 9.17) is 23.2 Å². The molecule has 0 spiro atoms. The van der Waals surface area contributed by atoms with E-state index >= 15 is 0 Å². The lowest BCUT2D eigenvalue weighted by molar-refractivity contribution is -0.117. The summed E-state index contributed by atoms with van der Waals surface area (Å²) in [5.41, 5.74) is 0.645. The van der Waals surface area contributed by atoms with Crippen LogP contribution < -0.4 is 0 Å². The van der Waals surface area contributed by atoms with Crippen LogP contribution in [0.1, 0.15) is 22.8 Å². The molecule has 1 rings (SSSR count). The maximum Gasteiger partial charge on any atom is 0.339 e. The van der Waals surface area contributed by atoms with Crippen LogP contribution in [0.2, 0.25) is 10.0 Å². The van der Waals surface area contributed by atoms with Gasteiger partial charge in [-0.25, -0.2) is 4.79 Å². The number of alkyl halides is 1. The summed E-state index contributed by atoms with van der Waals surface area (Å²) in [7, 11) is 1.26. The highest BCUT2D eigenvalue weighted by atomic mass is 79.9. The summed E-state index contributed by atoms with van der Waals surface area (Å²) < 4.78 is 4.60. The lowest BCUT2D eigenvalue weighted by Crippen LogP contribution is -2.14. The molecule has 0 saturated heterocycles. The molecule has 0 saturated carbocycles. The summed E-state index contributed by atoms with van der Waals surface area (Å²) in [5, 5.41) is 0.519. The number of methoxy groups -OCH3 is 1. The highest BCUT2D eigenvalue weighted by molar-refractivity contribution is 9.10. The van der Waals surface area contributed by atoms with Crippen molar-refractivity contribution in [3.05, 3.63) is 33.3 Å². The Balaban J connectivity index is 3.18. The number of carbonyl (C=O) groups is 2. The predicted octanol–water partition coefficient (Wildman–Crippen LogP) is 3.68. The SMILES string of the molecule is COC(=O)c1ccc(Cl)c(CC(=O)C(C)Br)c1Cl. The Morgan fingerprint density at radius 2 is 2.00 bits per heavy atom. The van der Waals surface area contributed by atoms with Crippen molar-refractivity contribution in [2.45, 2.75) is 18.2 Å².